The van der Waals surface area contributed by atoms with Crippen LogP contribution in [0, 0.1) is 0 Å². The fraction of sp³-hybridized carbons (Fsp3) is 0.0909. The SMILES string of the molecule is O=C(Cc1ccccc1)NC(c1ccco1)c1cc(Cl)c2cccnc2c1O. The third-order valence-electron chi connectivity index (χ3n) is 4.50. The van der Waals surface area contributed by atoms with E-state index in [9.17, 15) is 9.90 Å². The summed E-state index contributed by atoms with van der Waals surface area (Å²) in [6.07, 6.45) is 3.31. The van der Waals surface area contributed by atoms with Crippen molar-refractivity contribution in [1.82, 2.24) is 10.3 Å². The van der Waals surface area contributed by atoms with Crippen molar-refractivity contribution in [2.45, 2.75) is 12.5 Å². The third kappa shape index (κ3) is 3.57. The van der Waals surface area contributed by atoms with Crippen molar-refractivity contribution >= 4 is 28.4 Å². The maximum atomic E-state index is 12.7. The minimum atomic E-state index is -0.699. The second kappa shape index (κ2) is 7.74. The first-order valence-electron chi connectivity index (χ1n) is 8.76. The molecule has 4 rings (SSSR count). The number of amides is 1. The number of halogens is 1. The van der Waals surface area contributed by atoms with E-state index in [0.717, 1.165) is 5.56 Å². The average Bonchev–Trinajstić information content (AvgIpc) is 3.24. The highest BCUT2D eigenvalue weighted by Gasteiger charge is 2.25. The number of phenols is 1. The predicted octanol–water partition coefficient (Wildman–Crippen LogP) is 4.64. The summed E-state index contributed by atoms with van der Waals surface area (Å²) < 4.78 is 5.52. The molecule has 2 N–H and O–H groups in total. The number of nitrogens with zero attached hydrogens (tertiary/aromatic N) is 1. The molecule has 0 saturated carbocycles. The van der Waals surface area contributed by atoms with Gasteiger partial charge in [-0.05, 0) is 35.9 Å². The zero-order valence-corrected chi connectivity index (χ0v) is 15.6. The van der Waals surface area contributed by atoms with Gasteiger partial charge in [0.15, 0.2) is 0 Å². The third-order valence-corrected chi connectivity index (χ3v) is 4.81. The molecule has 0 bridgehead atoms. The normalized spacial score (nSPS) is 12.0. The topological polar surface area (TPSA) is 75.4 Å². The molecule has 0 fully saturated rings. The highest BCUT2D eigenvalue weighted by molar-refractivity contribution is 6.35. The smallest absolute Gasteiger partial charge is 0.225 e. The lowest BCUT2D eigenvalue weighted by Gasteiger charge is -2.20. The summed E-state index contributed by atoms with van der Waals surface area (Å²) in [5.41, 5.74) is 1.69. The first-order valence-corrected chi connectivity index (χ1v) is 9.14. The van der Waals surface area contributed by atoms with Gasteiger partial charge in [0.25, 0.3) is 0 Å². The van der Waals surface area contributed by atoms with Crippen molar-refractivity contribution in [2.24, 2.45) is 0 Å². The zero-order valence-electron chi connectivity index (χ0n) is 14.8. The monoisotopic (exact) mass is 392 g/mol. The molecule has 2 aromatic heterocycles. The average molecular weight is 393 g/mol. The van der Waals surface area contributed by atoms with E-state index in [4.69, 9.17) is 16.0 Å². The van der Waals surface area contributed by atoms with Gasteiger partial charge in [0.1, 0.15) is 23.1 Å². The van der Waals surface area contributed by atoms with Crippen LogP contribution in [0.5, 0.6) is 5.75 Å². The van der Waals surface area contributed by atoms with Gasteiger partial charge in [0.05, 0.1) is 17.7 Å². The number of furan rings is 1. The van der Waals surface area contributed by atoms with E-state index in [2.05, 4.69) is 10.3 Å². The van der Waals surface area contributed by atoms with Crippen LogP contribution in [0.3, 0.4) is 0 Å². The van der Waals surface area contributed by atoms with Crippen molar-refractivity contribution in [2.75, 3.05) is 0 Å². The van der Waals surface area contributed by atoms with Gasteiger partial charge >= 0.3 is 0 Å². The number of aromatic hydroxyl groups is 1. The fourth-order valence-corrected chi connectivity index (χ4v) is 3.45. The van der Waals surface area contributed by atoms with Crippen LogP contribution in [0.4, 0.5) is 0 Å². The number of carbonyl (C=O) groups excluding carboxylic acids is 1. The Morgan fingerprint density at radius 2 is 1.96 bits per heavy atom. The molecule has 0 aliphatic heterocycles. The molecule has 0 aliphatic carbocycles. The summed E-state index contributed by atoms with van der Waals surface area (Å²) in [5.74, 6) is 0.244. The van der Waals surface area contributed by atoms with Gasteiger partial charge in [-0.15, -0.1) is 0 Å². The molecule has 28 heavy (non-hydrogen) atoms. The molecule has 2 aromatic carbocycles. The van der Waals surface area contributed by atoms with Crippen molar-refractivity contribution in [3.05, 3.63) is 95.0 Å². The molecule has 0 aliphatic rings. The van der Waals surface area contributed by atoms with Crippen molar-refractivity contribution < 1.29 is 14.3 Å². The lowest BCUT2D eigenvalue weighted by Crippen LogP contribution is -2.30. The Labute approximate surface area is 166 Å². The van der Waals surface area contributed by atoms with Gasteiger partial charge in [-0.25, -0.2) is 0 Å². The minimum absolute atomic E-state index is 0.0404. The second-order valence-electron chi connectivity index (χ2n) is 6.37. The minimum Gasteiger partial charge on any atom is -0.505 e. The largest absolute Gasteiger partial charge is 0.505 e. The van der Waals surface area contributed by atoms with Gasteiger partial charge in [-0.2, -0.15) is 0 Å². The highest BCUT2D eigenvalue weighted by Crippen LogP contribution is 2.38. The summed E-state index contributed by atoms with van der Waals surface area (Å²) >= 11 is 6.41. The molecule has 6 heteroatoms. The number of benzene rings is 2. The van der Waals surface area contributed by atoms with Crippen LogP contribution in [-0.4, -0.2) is 16.0 Å². The number of fused-ring (bicyclic) bond motifs is 1. The summed E-state index contributed by atoms with van der Waals surface area (Å²) in [6.45, 7) is 0. The number of phenolic OH excluding ortho intramolecular Hbond substituents is 1. The first kappa shape index (κ1) is 18.1. The van der Waals surface area contributed by atoms with Gasteiger partial charge in [-0.1, -0.05) is 41.9 Å². The Bertz CT molecular complexity index is 1110. The van der Waals surface area contributed by atoms with E-state index in [1.54, 1.807) is 36.5 Å². The molecule has 0 saturated heterocycles. The quantitative estimate of drug-likeness (QED) is 0.519. The molecule has 5 nitrogen and oxygen atoms in total. The van der Waals surface area contributed by atoms with E-state index in [1.807, 2.05) is 30.3 Å². The van der Waals surface area contributed by atoms with Crippen molar-refractivity contribution in [1.29, 1.82) is 0 Å². The number of pyridine rings is 1. The molecule has 1 atom stereocenters. The summed E-state index contributed by atoms with van der Waals surface area (Å²) in [4.78, 5) is 16.9. The van der Waals surface area contributed by atoms with Crippen LogP contribution in [0.25, 0.3) is 10.9 Å². The van der Waals surface area contributed by atoms with Crippen LogP contribution in [0.1, 0.15) is 22.9 Å². The van der Waals surface area contributed by atoms with Crippen LogP contribution < -0.4 is 5.32 Å². The van der Waals surface area contributed by atoms with Gasteiger partial charge in [0, 0.05) is 17.1 Å². The Balaban J connectivity index is 1.72. The number of carbonyl (C=O) groups is 1. The standard InChI is InChI=1S/C22H17ClN2O3/c23-17-13-16(22(27)21-15(17)8-4-10-24-21)20(18-9-5-11-28-18)25-19(26)12-14-6-2-1-3-7-14/h1-11,13,20,27H,12H2,(H,25,26). The Morgan fingerprint density at radius 1 is 1.14 bits per heavy atom. The second-order valence-corrected chi connectivity index (χ2v) is 6.78. The molecule has 1 unspecified atom stereocenters. The van der Waals surface area contributed by atoms with Crippen molar-refractivity contribution in [3.63, 3.8) is 0 Å². The number of hydrogen-bond acceptors (Lipinski definition) is 4. The molecular formula is C22H17ClN2O3. The highest BCUT2D eigenvalue weighted by atomic mass is 35.5. The van der Waals surface area contributed by atoms with Crippen LogP contribution in [0.15, 0.2) is 77.5 Å². The lowest BCUT2D eigenvalue weighted by atomic mass is 10.00. The number of aromatic nitrogens is 1. The Morgan fingerprint density at radius 3 is 2.71 bits per heavy atom. The molecule has 4 aromatic rings. The molecule has 1 amide bonds. The summed E-state index contributed by atoms with van der Waals surface area (Å²) in [5, 5.41) is 14.8. The predicted molar refractivity (Wildman–Crippen MR) is 107 cm³/mol. The Kier molecular flexibility index (Phi) is 5.00. The number of rotatable bonds is 5. The van der Waals surface area contributed by atoms with Crippen LogP contribution >= 0.6 is 11.6 Å². The molecular weight excluding hydrogens is 376 g/mol. The van der Waals surface area contributed by atoms with E-state index in [-0.39, 0.29) is 18.1 Å². The molecule has 2 heterocycles. The summed E-state index contributed by atoms with van der Waals surface area (Å²) in [6, 6.07) is 17.4. The van der Waals surface area contributed by atoms with Gasteiger partial charge < -0.3 is 14.8 Å². The van der Waals surface area contributed by atoms with Gasteiger partial charge in [-0.3, -0.25) is 9.78 Å². The van der Waals surface area contributed by atoms with Crippen LogP contribution in [0.2, 0.25) is 5.02 Å². The lowest BCUT2D eigenvalue weighted by molar-refractivity contribution is -0.121. The van der Waals surface area contributed by atoms with E-state index < -0.39 is 6.04 Å². The molecule has 0 spiro atoms. The van der Waals surface area contributed by atoms with Crippen molar-refractivity contribution in [3.8, 4) is 5.75 Å². The van der Waals surface area contributed by atoms with E-state index in [0.29, 0.717) is 27.2 Å². The molecule has 140 valence electrons. The summed E-state index contributed by atoms with van der Waals surface area (Å²) in [7, 11) is 0. The fourth-order valence-electron chi connectivity index (χ4n) is 3.18. The number of hydrogen-bond donors (Lipinski definition) is 2. The maximum absolute atomic E-state index is 12.7. The van der Waals surface area contributed by atoms with E-state index in [1.165, 1.54) is 6.26 Å². The number of nitrogens with one attached hydrogen (secondary N) is 1. The first-order chi connectivity index (χ1) is 13.6. The maximum Gasteiger partial charge on any atom is 0.225 e. The zero-order chi connectivity index (χ0) is 19.5. The van der Waals surface area contributed by atoms with Gasteiger partial charge in [0.2, 0.25) is 5.91 Å². The van der Waals surface area contributed by atoms with Crippen LogP contribution in [-0.2, 0) is 11.2 Å². The Hall–Kier alpha value is -3.31. The molecule has 0 radical (unpaired) electrons. The van der Waals surface area contributed by atoms with E-state index >= 15 is 0 Å².